The lowest BCUT2D eigenvalue weighted by Gasteiger charge is -2.08. The summed E-state index contributed by atoms with van der Waals surface area (Å²) in [6.07, 6.45) is -0.178. The van der Waals surface area contributed by atoms with Crippen molar-refractivity contribution in [3.8, 4) is 17.1 Å². The van der Waals surface area contributed by atoms with Gasteiger partial charge in [-0.25, -0.2) is 9.48 Å². The summed E-state index contributed by atoms with van der Waals surface area (Å²) in [4.78, 5) is 13.7. The van der Waals surface area contributed by atoms with Crippen molar-refractivity contribution in [3.05, 3.63) is 77.1 Å². The van der Waals surface area contributed by atoms with Gasteiger partial charge in [0.05, 0.1) is 29.6 Å². The molecule has 0 unspecified atom stereocenters. The number of aromatic nitrogens is 6. The number of carbonyl (C=O) groups excluding carboxylic acids is 1. The summed E-state index contributed by atoms with van der Waals surface area (Å²) < 4.78 is 7.17. The van der Waals surface area contributed by atoms with Gasteiger partial charge in [-0.3, -0.25) is 0 Å². The fraction of sp³-hybridized carbons (Fsp3) is 0.261. The molecule has 0 aliphatic carbocycles. The molecule has 0 spiro atoms. The monoisotopic (exact) mass is 416 g/mol. The standard InChI is InChI=1S/C23H24N6O2/c1-15(2)31-23(30)20-7-5-6-19(13-20)22-24-27-28(26-22)14-18-8-10-21(11-9-18)29-17(4)12-16(3)25-29/h5-13,15H,14H2,1-4H3. The van der Waals surface area contributed by atoms with Crippen molar-refractivity contribution in [1.82, 2.24) is 30.0 Å². The van der Waals surface area contributed by atoms with Gasteiger partial charge in [-0.1, -0.05) is 24.3 Å². The van der Waals surface area contributed by atoms with Gasteiger partial charge in [0, 0.05) is 11.3 Å². The Morgan fingerprint density at radius 2 is 1.81 bits per heavy atom. The first-order valence-corrected chi connectivity index (χ1v) is 10.1. The van der Waals surface area contributed by atoms with Crippen molar-refractivity contribution in [3.63, 3.8) is 0 Å². The third-order valence-corrected chi connectivity index (χ3v) is 4.67. The molecule has 4 rings (SSSR count). The summed E-state index contributed by atoms with van der Waals surface area (Å²) in [6, 6.07) is 17.2. The molecule has 158 valence electrons. The van der Waals surface area contributed by atoms with Crippen LogP contribution in [0.1, 0.15) is 41.2 Å². The highest BCUT2D eigenvalue weighted by Crippen LogP contribution is 2.17. The molecule has 0 aliphatic heterocycles. The van der Waals surface area contributed by atoms with Crippen LogP contribution in [0, 0.1) is 13.8 Å². The Morgan fingerprint density at radius 3 is 2.48 bits per heavy atom. The number of benzene rings is 2. The van der Waals surface area contributed by atoms with Crippen LogP contribution in [-0.4, -0.2) is 42.1 Å². The number of esters is 1. The van der Waals surface area contributed by atoms with E-state index in [1.807, 2.05) is 68.8 Å². The maximum Gasteiger partial charge on any atom is 0.338 e. The van der Waals surface area contributed by atoms with Crippen LogP contribution in [0.5, 0.6) is 0 Å². The van der Waals surface area contributed by atoms with E-state index < -0.39 is 0 Å². The summed E-state index contributed by atoms with van der Waals surface area (Å²) in [5, 5.41) is 17.3. The summed E-state index contributed by atoms with van der Waals surface area (Å²) in [6.45, 7) is 8.14. The average molecular weight is 416 g/mol. The molecule has 0 N–H and O–H groups in total. The molecule has 0 bridgehead atoms. The molecule has 2 aromatic heterocycles. The number of hydrogen-bond donors (Lipinski definition) is 0. The normalized spacial score (nSPS) is 11.1. The molecular weight excluding hydrogens is 392 g/mol. The maximum atomic E-state index is 12.1. The van der Waals surface area contributed by atoms with E-state index in [2.05, 4.69) is 20.5 Å². The zero-order valence-corrected chi connectivity index (χ0v) is 18.0. The van der Waals surface area contributed by atoms with Crippen molar-refractivity contribution in [2.24, 2.45) is 0 Å². The zero-order chi connectivity index (χ0) is 22.0. The predicted octanol–water partition coefficient (Wildman–Crippen LogP) is 3.76. The van der Waals surface area contributed by atoms with Gasteiger partial charge in [-0.05, 0) is 68.8 Å². The average Bonchev–Trinajstić information content (AvgIpc) is 3.34. The van der Waals surface area contributed by atoms with Gasteiger partial charge >= 0.3 is 5.97 Å². The molecule has 31 heavy (non-hydrogen) atoms. The minimum absolute atomic E-state index is 0.178. The Kier molecular flexibility index (Phi) is 5.62. The highest BCUT2D eigenvalue weighted by atomic mass is 16.5. The number of carbonyl (C=O) groups is 1. The van der Waals surface area contributed by atoms with E-state index in [-0.39, 0.29) is 12.1 Å². The fourth-order valence-corrected chi connectivity index (χ4v) is 3.29. The number of hydrogen-bond acceptors (Lipinski definition) is 6. The lowest BCUT2D eigenvalue weighted by atomic mass is 10.1. The van der Waals surface area contributed by atoms with E-state index in [1.165, 1.54) is 4.80 Å². The van der Waals surface area contributed by atoms with Crippen molar-refractivity contribution in [1.29, 1.82) is 0 Å². The molecule has 0 amide bonds. The largest absolute Gasteiger partial charge is 0.459 e. The van der Waals surface area contributed by atoms with Crippen LogP contribution in [0.4, 0.5) is 0 Å². The Labute approximate surface area is 180 Å². The molecule has 2 heterocycles. The van der Waals surface area contributed by atoms with E-state index in [9.17, 15) is 4.79 Å². The number of nitrogens with zero attached hydrogens (tertiary/aromatic N) is 6. The predicted molar refractivity (Wildman–Crippen MR) is 116 cm³/mol. The lowest BCUT2D eigenvalue weighted by Crippen LogP contribution is -2.11. The van der Waals surface area contributed by atoms with Gasteiger partial charge in [0.2, 0.25) is 5.82 Å². The summed E-state index contributed by atoms with van der Waals surface area (Å²) in [5.41, 5.74) is 5.30. The van der Waals surface area contributed by atoms with Crippen molar-refractivity contribution < 1.29 is 9.53 Å². The van der Waals surface area contributed by atoms with Crippen LogP contribution in [0.3, 0.4) is 0 Å². The van der Waals surface area contributed by atoms with E-state index in [1.54, 1.807) is 18.2 Å². The van der Waals surface area contributed by atoms with E-state index in [0.29, 0.717) is 23.5 Å². The first-order valence-electron chi connectivity index (χ1n) is 10.1. The smallest absolute Gasteiger partial charge is 0.338 e. The third-order valence-electron chi connectivity index (χ3n) is 4.67. The molecule has 8 nitrogen and oxygen atoms in total. The highest BCUT2D eigenvalue weighted by molar-refractivity contribution is 5.90. The fourth-order valence-electron chi connectivity index (χ4n) is 3.29. The molecule has 0 radical (unpaired) electrons. The Balaban J connectivity index is 1.48. The van der Waals surface area contributed by atoms with Crippen LogP contribution in [-0.2, 0) is 11.3 Å². The van der Waals surface area contributed by atoms with Crippen molar-refractivity contribution >= 4 is 5.97 Å². The number of tetrazole rings is 1. The van der Waals surface area contributed by atoms with Gasteiger partial charge in [-0.15, -0.1) is 10.2 Å². The molecule has 0 saturated carbocycles. The van der Waals surface area contributed by atoms with Gasteiger partial charge in [0.15, 0.2) is 0 Å². The highest BCUT2D eigenvalue weighted by Gasteiger charge is 2.13. The first-order chi connectivity index (χ1) is 14.9. The number of ether oxygens (including phenoxy) is 1. The second-order valence-electron chi connectivity index (χ2n) is 7.68. The Bertz CT molecular complexity index is 1210. The first kappa shape index (κ1) is 20.5. The van der Waals surface area contributed by atoms with Crippen LogP contribution in [0.2, 0.25) is 0 Å². The quantitative estimate of drug-likeness (QED) is 0.445. The maximum absolute atomic E-state index is 12.1. The molecular formula is C23H24N6O2. The van der Waals surface area contributed by atoms with Crippen LogP contribution < -0.4 is 0 Å². The van der Waals surface area contributed by atoms with E-state index in [0.717, 1.165) is 22.6 Å². The van der Waals surface area contributed by atoms with Gasteiger partial charge < -0.3 is 4.74 Å². The molecule has 0 aliphatic rings. The van der Waals surface area contributed by atoms with Crippen molar-refractivity contribution in [2.45, 2.75) is 40.3 Å². The Hall–Kier alpha value is -3.81. The number of rotatable bonds is 6. The van der Waals surface area contributed by atoms with Crippen LogP contribution in [0.15, 0.2) is 54.6 Å². The molecule has 0 saturated heterocycles. The van der Waals surface area contributed by atoms with Gasteiger partial charge in [-0.2, -0.15) is 9.90 Å². The Morgan fingerprint density at radius 1 is 1.03 bits per heavy atom. The number of aryl methyl sites for hydroxylation is 2. The SMILES string of the molecule is Cc1cc(C)n(-c2ccc(Cn3nnc(-c4cccc(C(=O)OC(C)C)c4)n3)cc2)n1. The minimum atomic E-state index is -0.369. The topological polar surface area (TPSA) is 87.7 Å². The lowest BCUT2D eigenvalue weighted by molar-refractivity contribution is 0.0378. The summed E-state index contributed by atoms with van der Waals surface area (Å²) in [5.74, 6) is 0.0883. The van der Waals surface area contributed by atoms with Crippen molar-refractivity contribution in [2.75, 3.05) is 0 Å². The summed E-state index contributed by atoms with van der Waals surface area (Å²) >= 11 is 0. The second kappa shape index (κ2) is 8.51. The molecule has 2 aromatic carbocycles. The second-order valence-corrected chi connectivity index (χ2v) is 7.68. The van der Waals surface area contributed by atoms with E-state index in [4.69, 9.17) is 4.74 Å². The summed E-state index contributed by atoms with van der Waals surface area (Å²) in [7, 11) is 0. The van der Waals surface area contributed by atoms with Gasteiger partial charge in [0.1, 0.15) is 0 Å². The molecule has 4 aromatic rings. The molecule has 0 atom stereocenters. The van der Waals surface area contributed by atoms with Gasteiger partial charge in [0.25, 0.3) is 0 Å². The zero-order valence-electron chi connectivity index (χ0n) is 18.0. The molecule has 0 fully saturated rings. The molecule has 8 heteroatoms. The van der Waals surface area contributed by atoms with Crippen LogP contribution >= 0.6 is 0 Å². The van der Waals surface area contributed by atoms with Crippen LogP contribution in [0.25, 0.3) is 17.1 Å². The minimum Gasteiger partial charge on any atom is -0.459 e. The van der Waals surface area contributed by atoms with E-state index >= 15 is 0 Å². The third kappa shape index (κ3) is 4.69.